The maximum Gasteiger partial charge on any atom is 0.162 e. The standard InChI is InChI=1S/C17H25N3O/c1-6-17(7-2)13-10(3)19-20-15(13)18-11-8-16(4,5)9-12(21)14(11)17/h10,18H,6-9H2,1-5H3. The van der Waals surface area contributed by atoms with Crippen LogP contribution in [-0.2, 0) is 4.79 Å². The molecule has 4 nitrogen and oxygen atoms in total. The van der Waals surface area contributed by atoms with Crippen LogP contribution in [0.2, 0.25) is 0 Å². The zero-order chi connectivity index (χ0) is 15.4. The molecule has 1 unspecified atom stereocenters. The Hall–Kier alpha value is -1.45. The molecule has 0 aromatic rings. The number of azo groups is 1. The van der Waals surface area contributed by atoms with Gasteiger partial charge in [0.15, 0.2) is 11.6 Å². The molecule has 4 heteroatoms. The van der Waals surface area contributed by atoms with E-state index in [9.17, 15) is 4.79 Å². The molecule has 2 heterocycles. The van der Waals surface area contributed by atoms with Gasteiger partial charge in [0.1, 0.15) is 0 Å². The highest BCUT2D eigenvalue weighted by Gasteiger charge is 2.50. The molecule has 114 valence electrons. The Balaban J connectivity index is 2.18. The molecule has 0 saturated heterocycles. The minimum absolute atomic E-state index is 0.0234. The van der Waals surface area contributed by atoms with Gasteiger partial charge < -0.3 is 5.32 Å². The molecule has 0 aromatic carbocycles. The molecule has 0 amide bonds. The normalized spacial score (nSPS) is 29.4. The second-order valence-electron chi connectivity index (χ2n) is 7.36. The molecule has 1 N–H and O–H groups in total. The number of carbonyl (C=O) groups excluding carboxylic acids is 1. The van der Waals surface area contributed by atoms with E-state index in [2.05, 4.69) is 50.2 Å². The summed E-state index contributed by atoms with van der Waals surface area (Å²) in [5.41, 5.74) is 3.18. The van der Waals surface area contributed by atoms with Crippen LogP contribution in [0.5, 0.6) is 0 Å². The van der Waals surface area contributed by atoms with Crippen LogP contribution in [0.3, 0.4) is 0 Å². The molecule has 0 spiro atoms. The van der Waals surface area contributed by atoms with Gasteiger partial charge in [0.2, 0.25) is 0 Å². The summed E-state index contributed by atoms with van der Waals surface area (Å²) in [6, 6.07) is 0.0733. The Kier molecular flexibility index (Phi) is 3.12. The van der Waals surface area contributed by atoms with Crippen LogP contribution >= 0.6 is 0 Å². The summed E-state index contributed by atoms with van der Waals surface area (Å²) in [4.78, 5) is 12.9. The van der Waals surface area contributed by atoms with E-state index in [0.29, 0.717) is 12.2 Å². The first kappa shape index (κ1) is 14.5. The van der Waals surface area contributed by atoms with Crippen molar-refractivity contribution in [2.45, 2.75) is 66.3 Å². The lowest BCUT2D eigenvalue weighted by Gasteiger charge is -2.45. The fourth-order valence-electron chi connectivity index (χ4n) is 4.42. The lowest BCUT2D eigenvalue weighted by Crippen LogP contribution is -2.44. The van der Waals surface area contributed by atoms with Gasteiger partial charge in [0, 0.05) is 28.7 Å². The highest BCUT2D eigenvalue weighted by molar-refractivity contribution is 6.00. The smallest absolute Gasteiger partial charge is 0.162 e. The number of hydrogen-bond donors (Lipinski definition) is 1. The van der Waals surface area contributed by atoms with Gasteiger partial charge in [0.05, 0.1) is 6.04 Å². The lowest BCUT2D eigenvalue weighted by atomic mass is 9.60. The first-order valence-corrected chi connectivity index (χ1v) is 8.04. The van der Waals surface area contributed by atoms with E-state index < -0.39 is 0 Å². The minimum Gasteiger partial charge on any atom is -0.342 e. The van der Waals surface area contributed by atoms with E-state index in [1.807, 2.05) is 0 Å². The number of ketones is 1. The van der Waals surface area contributed by atoms with E-state index in [-0.39, 0.29) is 16.9 Å². The summed E-state index contributed by atoms with van der Waals surface area (Å²) in [5.74, 6) is 1.21. The third-order valence-electron chi connectivity index (χ3n) is 5.35. The van der Waals surface area contributed by atoms with Gasteiger partial charge in [-0.2, -0.15) is 5.11 Å². The molecule has 1 atom stereocenters. The zero-order valence-electron chi connectivity index (χ0n) is 13.7. The predicted molar refractivity (Wildman–Crippen MR) is 82.5 cm³/mol. The first-order chi connectivity index (χ1) is 9.84. The maximum atomic E-state index is 12.9. The van der Waals surface area contributed by atoms with Crippen LogP contribution in [0.1, 0.15) is 60.3 Å². The van der Waals surface area contributed by atoms with Crippen molar-refractivity contribution in [3.8, 4) is 0 Å². The van der Waals surface area contributed by atoms with Crippen molar-refractivity contribution in [3.05, 3.63) is 22.7 Å². The van der Waals surface area contributed by atoms with E-state index in [4.69, 9.17) is 0 Å². The van der Waals surface area contributed by atoms with Crippen LogP contribution in [0.15, 0.2) is 32.9 Å². The fourth-order valence-corrected chi connectivity index (χ4v) is 4.42. The fraction of sp³-hybridized carbons (Fsp3) is 0.706. The van der Waals surface area contributed by atoms with Crippen molar-refractivity contribution in [2.75, 3.05) is 0 Å². The zero-order valence-corrected chi connectivity index (χ0v) is 13.7. The topological polar surface area (TPSA) is 53.8 Å². The number of carbonyl (C=O) groups is 1. The highest BCUT2D eigenvalue weighted by Crippen LogP contribution is 2.54. The van der Waals surface area contributed by atoms with Gasteiger partial charge in [-0.25, -0.2) is 0 Å². The van der Waals surface area contributed by atoms with Crippen molar-refractivity contribution in [2.24, 2.45) is 21.1 Å². The molecule has 0 bridgehead atoms. The summed E-state index contributed by atoms with van der Waals surface area (Å²) < 4.78 is 0. The van der Waals surface area contributed by atoms with Crippen LogP contribution in [0.25, 0.3) is 0 Å². The van der Waals surface area contributed by atoms with Crippen molar-refractivity contribution >= 4 is 5.78 Å². The Morgan fingerprint density at radius 1 is 1.24 bits per heavy atom. The minimum atomic E-state index is -0.174. The molecule has 3 rings (SSSR count). The Bertz CT molecular complexity index is 591. The van der Waals surface area contributed by atoms with Gasteiger partial charge >= 0.3 is 0 Å². The summed E-state index contributed by atoms with van der Waals surface area (Å²) in [5, 5.41) is 12.1. The van der Waals surface area contributed by atoms with Crippen LogP contribution in [-0.4, -0.2) is 11.8 Å². The number of hydrogen-bond acceptors (Lipinski definition) is 4. The van der Waals surface area contributed by atoms with E-state index in [1.165, 1.54) is 5.57 Å². The van der Waals surface area contributed by atoms with Crippen LogP contribution < -0.4 is 5.32 Å². The van der Waals surface area contributed by atoms with Gasteiger partial charge in [-0.3, -0.25) is 4.79 Å². The maximum absolute atomic E-state index is 12.9. The molecule has 3 aliphatic rings. The summed E-state index contributed by atoms with van der Waals surface area (Å²) >= 11 is 0. The second-order valence-corrected chi connectivity index (χ2v) is 7.36. The number of nitrogens with zero attached hydrogens (tertiary/aromatic N) is 2. The number of dihydropyridines is 1. The molecule has 1 aliphatic carbocycles. The third kappa shape index (κ3) is 1.91. The molecular formula is C17H25N3O. The van der Waals surface area contributed by atoms with E-state index >= 15 is 0 Å². The summed E-state index contributed by atoms with van der Waals surface area (Å²) in [6.45, 7) is 10.8. The predicted octanol–water partition coefficient (Wildman–Crippen LogP) is 4.11. The number of nitrogens with one attached hydrogen (secondary N) is 1. The van der Waals surface area contributed by atoms with Crippen molar-refractivity contribution in [1.82, 2.24) is 5.32 Å². The highest BCUT2D eigenvalue weighted by atomic mass is 16.1. The van der Waals surface area contributed by atoms with Gasteiger partial charge in [-0.15, -0.1) is 5.11 Å². The number of Topliss-reactive ketones (excluding diaryl/α,β-unsaturated/α-hetero) is 1. The Labute approximate surface area is 126 Å². The van der Waals surface area contributed by atoms with Crippen LogP contribution in [0.4, 0.5) is 0 Å². The van der Waals surface area contributed by atoms with Crippen LogP contribution in [0, 0.1) is 10.8 Å². The average molecular weight is 287 g/mol. The molecule has 2 aliphatic heterocycles. The Morgan fingerprint density at radius 2 is 1.90 bits per heavy atom. The molecule has 0 saturated carbocycles. The largest absolute Gasteiger partial charge is 0.342 e. The van der Waals surface area contributed by atoms with Gasteiger partial charge in [-0.05, 0) is 31.6 Å². The van der Waals surface area contributed by atoms with Gasteiger partial charge in [-0.1, -0.05) is 27.7 Å². The number of allylic oxidation sites excluding steroid dienone is 2. The average Bonchev–Trinajstić information content (AvgIpc) is 2.77. The summed E-state index contributed by atoms with van der Waals surface area (Å²) in [7, 11) is 0. The van der Waals surface area contributed by atoms with Crippen molar-refractivity contribution in [3.63, 3.8) is 0 Å². The van der Waals surface area contributed by atoms with Gasteiger partial charge in [0.25, 0.3) is 0 Å². The quantitative estimate of drug-likeness (QED) is 0.831. The Morgan fingerprint density at radius 3 is 2.52 bits per heavy atom. The molecule has 0 aromatic heterocycles. The van der Waals surface area contributed by atoms with E-state index in [0.717, 1.165) is 36.4 Å². The van der Waals surface area contributed by atoms with Crippen molar-refractivity contribution in [1.29, 1.82) is 0 Å². The lowest BCUT2D eigenvalue weighted by molar-refractivity contribution is -0.119. The third-order valence-corrected chi connectivity index (χ3v) is 5.35. The molecule has 0 fully saturated rings. The second kappa shape index (κ2) is 4.52. The summed E-state index contributed by atoms with van der Waals surface area (Å²) in [6.07, 6.45) is 3.42. The number of rotatable bonds is 2. The van der Waals surface area contributed by atoms with E-state index in [1.54, 1.807) is 0 Å². The molecule has 0 radical (unpaired) electrons. The molecular weight excluding hydrogens is 262 g/mol. The molecule has 21 heavy (non-hydrogen) atoms. The van der Waals surface area contributed by atoms with Crippen molar-refractivity contribution < 1.29 is 4.79 Å². The first-order valence-electron chi connectivity index (χ1n) is 8.04. The monoisotopic (exact) mass is 287 g/mol. The SMILES string of the molecule is CCC1(CC)C2=C(CC(C)(C)CC2=O)NC2=C1C(C)N=N2.